The summed E-state index contributed by atoms with van der Waals surface area (Å²) in [6, 6.07) is 0.622. The van der Waals surface area contributed by atoms with Crippen molar-refractivity contribution in [3.05, 3.63) is 0 Å². The van der Waals surface area contributed by atoms with Gasteiger partial charge in [-0.05, 0) is 26.3 Å². The zero-order valence-corrected chi connectivity index (χ0v) is 7.62. The molecule has 0 radical (unpaired) electrons. The maximum Gasteiger partial charge on any atom is 0.114 e. The molecule has 12 heavy (non-hydrogen) atoms. The molecular formula is C9H16N2O. The maximum atomic E-state index is 5.09. The first-order valence-corrected chi connectivity index (χ1v) is 4.84. The second-order valence-corrected chi connectivity index (χ2v) is 3.44. The van der Waals surface area contributed by atoms with Crippen molar-refractivity contribution in [2.75, 3.05) is 19.7 Å². The highest BCUT2D eigenvalue weighted by molar-refractivity contribution is 5.91. The summed E-state index contributed by atoms with van der Waals surface area (Å²) in [5.41, 5.74) is 1.27. The predicted molar refractivity (Wildman–Crippen MR) is 48.3 cm³/mol. The van der Waals surface area contributed by atoms with Crippen LogP contribution in [0.15, 0.2) is 5.16 Å². The van der Waals surface area contributed by atoms with Gasteiger partial charge in [-0.2, -0.15) is 0 Å². The average molecular weight is 168 g/mol. The van der Waals surface area contributed by atoms with Crippen LogP contribution in [0, 0.1) is 0 Å². The minimum absolute atomic E-state index is 0.622. The summed E-state index contributed by atoms with van der Waals surface area (Å²) in [7, 11) is 0. The number of hydrogen-bond acceptors (Lipinski definition) is 3. The molecule has 0 N–H and O–H groups in total. The van der Waals surface area contributed by atoms with E-state index in [9.17, 15) is 0 Å². The van der Waals surface area contributed by atoms with E-state index in [1.165, 1.54) is 31.6 Å². The molecule has 3 heteroatoms. The second-order valence-electron chi connectivity index (χ2n) is 3.44. The van der Waals surface area contributed by atoms with Crippen LogP contribution in [0.3, 0.4) is 0 Å². The van der Waals surface area contributed by atoms with Crippen LogP contribution in [0.1, 0.15) is 26.2 Å². The van der Waals surface area contributed by atoms with Gasteiger partial charge in [0.05, 0.1) is 11.8 Å². The Labute approximate surface area is 73.4 Å². The molecule has 2 aliphatic heterocycles. The first-order valence-electron chi connectivity index (χ1n) is 4.84. The first kappa shape index (κ1) is 8.05. The van der Waals surface area contributed by atoms with Crippen LogP contribution < -0.4 is 0 Å². The summed E-state index contributed by atoms with van der Waals surface area (Å²) in [5, 5.41) is 4.16. The molecular weight excluding hydrogens is 152 g/mol. The van der Waals surface area contributed by atoms with Crippen molar-refractivity contribution >= 4 is 5.71 Å². The van der Waals surface area contributed by atoms with Crippen molar-refractivity contribution in [3.8, 4) is 0 Å². The maximum absolute atomic E-state index is 5.09. The van der Waals surface area contributed by atoms with E-state index >= 15 is 0 Å². The van der Waals surface area contributed by atoms with Crippen LogP contribution in [-0.4, -0.2) is 36.3 Å². The Kier molecular flexibility index (Phi) is 2.30. The second kappa shape index (κ2) is 3.44. The number of oxime groups is 1. The summed E-state index contributed by atoms with van der Waals surface area (Å²) in [6.45, 7) is 5.12. The summed E-state index contributed by atoms with van der Waals surface area (Å²) in [4.78, 5) is 7.60. The van der Waals surface area contributed by atoms with Gasteiger partial charge in [-0.25, -0.2) is 0 Å². The van der Waals surface area contributed by atoms with Gasteiger partial charge >= 0.3 is 0 Å². The Balaban J connectivity index is 1.99. The van der Waals surface area contributed by atoms with Gasteiger partial charge in [0.2, 0.25) is 0 Å². The molecule has 0 aromatic carbocycles. The molecule has 1 atom stereocenters. The molecule has 0 saturated carbocycles. The molecule has 0 spiro atoms. The fourth-order valence-corrected chi connectivity index (χ4v) is 2.15. The molecule has 1 unspecified atom stereocenters. The van der Waals surface area contributed by atoms with E-state index in [2.05, 4.69) is 10.1 Å². The molecule has 0 aromatic rings. The van der Waals surface area contributed by atoms with E-state index in [0.29, 0.717) is 12.6 Å². The normalized spacial score (nSPS) is 32.8. The molecule has 2 saturated heterocycles. The molecule has 0 aromatic heterocycles. The fourth-order valence-electron chi connectivity index (χ4n) is 2.15. The van der Waals surface area contributed by atoms with Gasteiger partial charge < -0.3 is 4.84 Å². The lowest BCUT2D eigenvalue weighted by molar-refractivity contribution is 0.157. The Morgan fingerprint density at radius 3 is 3.33 bits per heavy atom. The molecule has 0 amide bonds. The van der Waals surface area contributed by atoms with E-state index in [1.807, 2.05) is 6.92 Å². The lowest BCUT2D eigenvalue weighted by Crippen LogP contribution is -2.26. The number of rotatable bonds is 2. The van der Waals surface area contributed by atoms with Gasteiger partial charge in [-0.15, -0.1) is 0 Å². The van der Waals surface area contributed by atoms with Crippen molar-refractivity contribution in [1.82, 2.24) is 4.90 Å². The minimum atomic E-state index is 0.622. The molecule has 2 rings (SSSR count). The van der Waals surface area contributed by atoms with Crippen LogP contribution in [0.4, 0.5) is 0 Å². The highest BCUT2D eigenvalue weighted by Gasteiger charge is 2.34. The lowest BCUT2D eigenvalue weighted by Gasteiger charge is -2.12. The molecule has 68 valence electrons. The monoisotopic (exact) mass is 168 g/mol. The van der Waals surface area contributed by atoms with Gasteiger partial charge in [-0.3, -0.25) is 4.90 Å². The molecule has 2 fully saturated rings. The Morgan fingerprint density at radius 1 is 1.58 bits per heavy atom. The summed E-state index contributed by atoms with van der Waals surface area (Å²) < 4.78 is 0. The molecule has 3 nitrogen and oxygen atoms in total. The smallest absolute Gasteiger partial charge is 0.114 e. The quantitative estimate of drug-likeness (QED) is 0.580. The zero-order chi connectivity index (χ0) is 8.39. The van der Waals surface area contributed by atoms with Crippen molar-refractivity contribution < 1.29 is 4.84 Å². The van der Waals surface area contributed by atoms with Crippen molar-refractivity contribution in [2.45, 2.75) is 32.2 Å². The van der Waals surface area contributed by atoms with Crippen LogP contribution in [0.25, 0.3) is 0 Å². The number of nitrogens with zero attached hydrogens (tertiary/aromatic N) is 2. The summed E-state index contributed by atoms with van der Waals surface area (Å²) in [6.07, 6.45) is 3.73. The van der Waals surface area contributed by atoms with Crippen molar-refractivity contribution in [3.63, 3.8) is 0 Å². The van der Waals surface area contributed by atoms with Crippen LogP contribution >= 0.6 is 0 Å². The zero-order valence-electron chi connectivity index (χ0n) is 7.62. The third-order valence-corrected chi connectivity index (χ3v) is 2.71. The first-order chi connectivity index (χ1) is 5.92. The third-order valence-electron chi connectivity index (χ3n) is 2.71. The standard InChI is InChI=1S/C9H16N2O/c1-2-12-10-8-5-7-11-6-3-4-9(8)11/h9H,2-7H2,1H3/b10-8-. The van der Waals surface area contributed by atoms with Gasteiger partial charge in [0.25, 0.3) is 0 Å². The molecule has 0 aliphatic carbocycles. The largest absolute Gasteiger partial charge is 0.396 e. The van der Waals surface area contributed by atoms with Gasteiger partial charge in [-0.1, -0.05) is 5.16 Å². The lowest BCUT2D eigenvalue weighted by atomic mass is 10.1. The predicted octanol–water partition coefficient (Wildman–Crippen LogP) is 1.25. The highest BCUT2D eigenvalue weighted by atomic mass is 16.6. The van der Waals surface area contributed by atoms with Crippen LogP contribution in [0.2, 0.25) is 0 Å². The Bertz CT molecular complexity index is 191. The molecule has 0 bridgehead atoms. The summed E-state index contributed by atoms with van der Waals surface area (Å²) in [5.74, 6) is 0. The summed E-state index contributed by atoms with van der Waals surface area (Å²) >= 11 is 0. The van der Waals surface area contributed by atoms with E-state index < -0.39 is 0 Å². The van der Waals surface area contributed by atoms with Gasteiger partial charge in [0.15, 0.2) is 0 Å². The van der Waals surface area contributed by atoms with Crippen molar-refractivity contribution in [1.29, 1.82) is 0 Å². The topological polar surface area (TPSA) is 24.8 Å². The SMILES string of the molecule is CCO/N=C1/CCN2CCCC12. The van der Waals surface area contributed by atoms with E-state index in [1.54, 1.807) is 0 Å². The van der Waals surface area contributed by atoms with Crippen LogP contribution in [0.5, 0.6) is 0 Å². The Morgan fingerprint density at radius 2 is 2.50 bits per heavy atom. The van der Waals surface area contributed by atoms with Crippen LogP contribution in [-0.2, 0) is 4.84 Å². The number of fused-ring (bicyclic) bond motifs is 1. The minimum Gasteiger partial charge on any atom is -0.396 e. The van der Waals surface area contributed by atoms with Gasteiger partial charge in [0, 0.05) is 13.0 Å². The molecule has 2 heterocycles. The van der Waals surface area contributed by atoms with E-state index in [0.717, 1.165) is 6.42 Å². The fraction of sp³-hybridized carbons (Fsp3) is 0.889. The molecule has 2 aliphatic rings. The number of hydrogen-bond donors (Lipinski definition) is 0. The van der Waals surface area contributed by atoms with Gasteiger partial charge in [0.1, 0.15) is 6.61 Å². The Hall–Kier alpha value is -0.570. The average Bonchev–Trinajstić information content (AvgIpc) is 2.62. The highest BCUT2D eigenvalue weighted by Crippen LogP contribution is 2.25. The van der Waals surface area contributed by atoms with E-state index in [-0.39, 0.29) is 0 Å². The third kappa shape index (κ3) is 1.33. The van der Waals surface area contributed by atoms with E-state index in [4.69, 9.17) is 4.84 Å². The van der Waals surface area contributed by atoms with Crippen molar-refractivity contribution in [2.24, 2.45) is 5.16 Å².